The maximum atomic E-state index is 12.8. The smallest absolute Gasteiger partial charge is 0.265 e. The topological polar surface area (TPSA) is 79.0 Å². The SMILES string of the molecule is O=C1CN(C(=O)CN2C(=O)COc3ccccc32)c2ccccc2N1. The molecule has 0 bridgehead atoms. The highest BCUT2D eigenvalue weighted by Crippen LogP contribution is 2.33. The normalized spacial score (nSPS) is 15.8. The number of nitrogens with zero attached hydrogens (tertiary/aromatic N) is 2. The van der Waals surface area contributed by atoms with Gasteiger partial charge in [0.25, 0.3) is 5.91 Å². The number of carbonyl (C=O) groups excluding carboxylic acids is 3. The van der Waals surface area contributed by atoms with Crippen molar-refractivity contribution in [2.75, 3.05) is 34.8 Å². The van der Waals surface area contributed by atoms with Gasteiger partial charge < -0.3 is 10.1 Å². The van der Waals surface area contributed by atoms with Crippen LogP contribution in [0, 0.1) is 0 Å². The van der Waals surface area contributed by atoms with Gasteiger partial charge in [-0.15, -0.1) is 0 Å². The molecule has 25 heavy (non-hydrogen) atoms. The second-order valence-electron chi connectivity index (χ2n) is 5.78. The van der Waals surface area contributed by atoms with Gasteiger partial charge in [-0.05, 0) is 24.3 Å². The Morgan fingerprint density at radius 1 is 1.04 bits per heavy atom. The lowest BCUT2D eigenvalue weighted by molar-refractivity contribution is -0.124. The minimum absolute atomic E-state index is 0.0734. The summed E-state index contributed by atoms with van der Waals surface area (Å²) in [5, 5.41) is 2.74. The summed E-state index contributed by atoms with van der Waals surface area (Å²) in [4.78, 5) is 39.8. The van der Waals surface area contributed by atoms with E-state index in [0.717, 1.165) is 0 Å². The second-order valence-corrected chi connectivity index (χ2v) is 5.78. The fraction of sp³-hybridized carbons (Fsp3) is 0.167. The first-order valence-electron chi connectivity index (χ1n) is 7.85. The number of carbonyl (C=O) groups is 3. The Balaban J connectivity index is 1.63. The average Bonchev–Trinajstić information content (AvgIpc) is 2.63. The van der Waals surface area contributed by atoms with Gasteiger partial charge in [-0.3, -0.25) is 24.2 Å². The van der Waals surface area contributed by atoms with Crippen molar-refractivity contribution in [3.05, 3.63) is 48.5 Å². The summed E-state index contributed by atoms with van der Waals surface area (Å²) in [6.45, 7) is -0.335. The van der Waals surface area contributed by atoms with E-state index >= 15 is 0 Å². The molecule has 2 aromatic carbocycles. The highest BCUT2D eigenvalue weighted by molar-refractivity contribution is 6.12. The molecule has 2 aromatic rings. The number of benzene rings is 2. The predicted molar refractivity (Wildman–Crippen MR) is 91.7 cm³/mol. The molecular formula is C18H15N3O4. The fourth-order valence-electron chi connectivity index (χ4n) is 3.00. The number of anilines is 3. The summed E-state index contributed by atoms with van der Waals surface area (Å²) < 4.78 is 5.39. The lowest BCUT2D eigenvalue weighted by atomic mass is 10.1. The van der Waals surface area contributed by atoms with E-state index in [1.165, 1.54) is 9.80 Å². The van der Waals surface area contributed by atoms with Crippen molar-refractivity contribution in [2.24, 2.45) is 0 Å². The van der Waals surface area contributed by atoms with E-state index in [0.29, 0.717) is 22.8 Å². The Bertz CT molecular complexity index is 880. The van der Waals surface area contributed by atoms with Crippen LogP contribution in [0.15, 0.2) is 48.5 Å². The van der Waals surface area contributed by atoms with Crippen LogP contribution in [-0.2, 0) is 14.4 Å². The Kier molecular flexibility index (Phi) is 3.61. The molecule has 0 atom stereocenters. The molecule has 3 amide bonds. The number of para-hydroxylation sites is 4. The Hall–Kier alpha value is -3.35. The van der Waals surface area contributed by atoms with Crippen LogP contribution < -0.4 is 19.9 Å². The molecule has 2 aliphatic rings. The zero-order chi connectivity index (χ0) is 17.4. The van der Waals surface area contributed by atoms with Crippen LogP contribution in [0.5, 0.6) is 5.75 Å². The Morgan fingerprint density at radius 3 is 2.60 bits per heavy atom. The molecule has 4 rings (SSSR count). The summed E-state index contributed by atoms with van der Waals surface area (Å²) in [5.74, 6) is -0.318. The molecular weight excluding hydrogens is 322 g/mol. The first-order valence-corrected chi connectivity index (χ1v) is 7.85. The quantitative estimate of drug-likeness (QED) is 0.898. The zero-order valence-electron chi connectivity index (χ0n) is 13.3. The third-order valence-corrected chi connectivity index (χ3v) is 4.17. The standard InChI is InChI=1S/C18H15N3O4/c22-16-9-20(13-6-2-1-5-12(13)19-16)17(23)10-21-14-7-3-4-8-15(14)25-11-18(21)24/h1-8H,9-11H2,(H,19,22). The monoisotopic (exact) mass is 337 g/mol. The average molecular weight is 337 g/mol. The lowest BCUT2D eigenvalue weighted by Gasteiger charge is -2.33. The molecule has 0 unspecified atom stereocenters. The van der Waals surface area contributed by atoms with Gasteiger partial charge in [-0.1, -0.05) is 24.3 Å². The van der Waals surface area contributed by atoms with Gasteiger partial charge in [0.05, 0.1) is 17.1 Å². The zero-order valence-corrected chi connectivity index (χ0v) is 13.3. The molecule has 0 fully saturated rings. The van der Waals surface area contributed by atoms with Gasteiger partial charge >= 0.3 is 0 Å². The molecule has 7 nitrogen and oxygen atoms in total. The van der Waals surface area contributed by atoms with E-state index in [9.17, 15) is 14.4 Å². The predicted octanol–water partition coefficient (Wildman–Crippen LogP) is 1.40. The first kappa shape index (κ1) is 15.2. The summed E-state index contributed by atoms with van der Waals surface area (Å²) in [6, 6.07) is 14.2. The van der Waals surface area contributed by atoms with Gasteiger partial charge in [0.15, 0.2) is 6.61 Å². The summed E-state index contributed by atoms with van der Waals surface area (Å²) in [5.41, 5.74) is 1.77. The molecule has 0 radical (unpaired) electrons. The number of hydrogen-bond donors (Lipinski definition) is 1. The van der Waals surface area contributed by atoms with Gasteiger partial charge in [0, 0.05) is 0 Å². The van der Waals surface area contributed by atoms with Crippen molar-refractivity contribution in [3.8, 4) is 5.75 Å². The van der Waals surface area contributed by atoms with Crippen molar-refractivity contribution in [2.45, 2.75) is 0 Å². The van der Waals surface area contributed by atoms with E-state index in [1.54, 1.807) is 48.5 Å². The van der Waals surface area contributed by atoms with E-state index < -0.39 is 0 Å². The maximum absolute atomic E-state index is 12.8. The maximum Gasteiger partial charge on any atom is 0.265 e. The minimum Gasteiger partial charge on any atom is -0.482 e. The Morgan fingerprint density at radius 2 is 1.76 bits per heavy atom. The number of rotatable bonds is 2. The van der Waals surface area contributed by atoms with Crippen molar-refractivity contribution in [3.63, 3.8) is 0 Å². The summed E-state index contributed by atoms with van der Waals surface area (Å²) in [7, 11) is 0. The minimum atomic E-state index is -0.327. The largest absolute Gasteiger partial charge is 0.482 e. The number of amides is 3. The number of hydrogen-bond acceptors (Lipinski definition) is 4. The molecule has 0 spiro atoms. The van der Waals surface area contributed by atoms with Crippen LogP contribution in [0.3, 0.4) is 0 Å². The third kappa shape index (κ3) is 2.69. The van der Waals surface area contributed by atoms with Crippen LogP contribution in [0.25, 0.3) is 0 Å². The Labute approximate surface area is 143 Å². The van der Waals surface area contributed by atoms with E-state index in [-0.39, 0.29) is 37.4 Å². The molecule has 0 aromatic heterocycles. The van der Waals surface area contributed by atoms with Crippen LogP contribution in [0.1, 0.15) is 0 Å². The summed E-state index contributed by atoms with van der Waals surface area (Å²) >= 11 is 0. The van der Waals surface area contributed by atoms with E-state index in [4.69, 9.17) is 4.74 Å². The summed E-state index contributed by atoms with van der Waals surface area (Å²) in [6.07, 6.45) is 0. The fourth-order valence-corrected chi connectivity index (χ4v) is 3.00. The molecule has 7 heteroatoms. The van der Waals surface area contributed by atoms with Crippen molar-refractivity contribution >= 4 is 34.8 Å². The molecule has 0 saturated heterocycles. The number of nitrogens with one attached hydrogen (secondary N) is 1. The molecule has 0 saturated carbocycles. The molecule has 2 heterocycles. The molecule has 0 aliphatic carbocycles. The number of fused-ring (bicyclic) bond motifs is 2. The van der Waals surface area contributed by atoms with Crippen LogP contribution in [-0.4, -0.2) is 37.4 Å². The highest BCUT2D eigenvalue weighted by atomic mass is 16.5. The van der Waals surface area contributed by atoms with Crippen LogP contribution in [0.4, 0.5) is 17.1 Å². The van der Waals surface area contributed by atoms with Gasteiger partial charge in [-0.25, -0.2) is 0 Å². The van der Waals surface area contributed by atoms with E-state index in [1.807, 2.05) is 0 Å². The van der Waals surface area contributed by atoms with Crippen molar-refractivity contribution in [1.82, 2.24) is 0 Å². The van der Waals surface area contributed by atoms with Crippen LogP contribution in [0.2, 0.25) is 0 Å². The van der Waals surface area contributed by atoms with Crippen molar-refractivity contribution in [1.29, 1.82) is 0 Å². The third-order valence-electron chi connectivity index (χ3n) is 4.17. The van der Waals surface area contributed by atoms with E-state index in [2.05, 4.69) is 5.32 Å². The molecule has 126 valence electrons. The van der Waals surface area contributed by atoms with Crippen molar-refractivity contribution < 1.29 is 19.1 Å². The number of ether oxygens (including phenoxy) is 1. The highest BCUT2D eigenvalue weighted by Gasteiger charge is 2.32. The van der Waals surface area contributed by atoms with Gasteiger partial charge in [0.2, 0.25) is 11.8 Å². The molecule has 2 aliphatic heterocycles. The van der Waals surface area contributed by atoms with Crippen LogP contribution >= 0.6 is 0 Å². The second kappa shape index (κ2) is 5.94. The van der Waals surface area contributed by atoms with Gasteiger partial charge in [0.1, 0.15) is 18.8 Å². The van der Waals surface area contributed by atoms with Gasteiger partial charge in [-0.2, -0.15) is 0 Å². The lowest BCUT2D eigenvalue weighted by Crippen LogP contribution is -2.49. The first-order chi connectivity index (χ1) is 12.1. The molecule has 1 N–H and O–H groups in total.